The van der Waals surface area contributed by atoms with Crippen molar-refractivity contribution in [3.05, 3.63) is 53.9 Å². The number of halogens is 1. The van der Waals surface area contributed by atoms with Gasteiger partial charge in [0, 0.05) is 13.1 Å². The molecule has 0 saturated heterocycles. The lowest BCUT2D eigenvalue weighted by Gasteiger charge is -2.18. The van der Waals surface area contributed by atoms with E-state index in [1.165, 1.54) is 4.31 Å². The zero-order valence-electron chi connectivity index (χ0n) is 15.0. The SMILES string of the molecule is CCN(CC)S(=O)(=O)c1ccc2nc(/C(Cl)=C/c3cccc(O)c3)[nH]c2c1. The molecule has 0 radical (unpaired) electrons. The second-order valence-corrected chi connectivity index (χ2v) is 8.29. The van der Waals surface area contributed by atoms with Gasteiger partial charge in [-0.3, -0.25) is 0 Å². The van der Waals surface area contributed by atoms with Crippen LogP contribution in [-0.4, -0.2) is 40.9 Å². The smallest absolute Gasteiger partial charge is 0.243 e. The molecular formula is C19H20ClN3O3S. The molecule has 0 bridgehead atoms. The van der Waals surface area contributed by atoms with Crippen LogP contribution in [0.5, 0.6) is 5.75 Å². The van der Waals surface area contributed by atoms with Gasteiger partial charge < -0.3 is 10.1 Å². The van der Waals surface area contributed by atoms with Crippen molar-refractivity contribution in [3.63, 3.8) is 0 Å². The first-order valence-corrected chi connectivity index (χ1v) is 10.3. The minimum absolute atomic E-state index is 0.143. The number of phenols is 1. The number of hydrogen-bond acceptors (Lipinski definition) is 4. The molecule has 0 amide bonds. The first kappa shape index (κ1) is 19.4. The van der Waals surface area contributed by atoms with Gasteiger partial charge in [0.25, 0.3) is 0 Å². The van der Waals surface area contributed by atoms with Crippen molar-refractivity contribution in [1.82, 2.24) is 14.3 Å². The van der Waals surface area contributed by atoms with E-state index in [-0.39, 0.29) is 10.6 Å². The van der Waals surface area contributed by atoms with E-state index in [9.17, 15) is 13.5 Å². The molecule has 8 heteroatoms. The third-order valence-corrected chi connectivity index (χ3v) is 6.52. The van der Waals surface area contributed by atoms with Gasteiger partial charge in [-0.1, -0.05) is 37.6 Å². The van der Waals surface area contributed by atoms with Crippen molar-refractivity contribution < 1.29 is 13.5 Å². The number of aromatic amines is 1. The van der Waals surface area contributed by atoms with Gasteiger partial charge in [-0.15, -0.1) is 0 Å². The number of nitrogens with one attached hydrogen (secondary N) is 1. The fourth-order valence-electron chi connectivity index (χ4n) is 2.80. The van der Waals surface area contributed by atoms with Crippen LogP contribution in [0.2, 0.25) is 0 Å². The molecule has 3 aromatic rings. The second-order valence-electron chi connectivity index (χ2n) is 5.94. The lowest BCUT2D eigenvalue weighted by Crippen LogP contribution is -2.30. The van der Waals surface area contributed by atoms with Gasteiger partial charge in [0.05, 0.1) is 21.0 Å². The topological polar surface area (TPSA) is 86.3 Å². The normalized spacial score (nSPS) is 12.8. The summed E-state index contributed by atoms with van der Waals surface area (Å²) in [5.74, 6) is 0.566. The van der Waals surface area contributed by atoms with Crippen LogP contribution < -0.4 is 0 Å². The summed E-state index contributed by atoms with van der Waals surface area (Å²) in [6.45, 7) is 4.42. The fraction of sp³-hybridized carbons (Fsp3) is 0.211. The average molecular weight is 406 g/mol. The number of phenolic OH excluding ortho intramolecular Hbond substituents is 1. The van der Waals surface area contributed by atoms with Gasteiger partial charge in [-0.2, -0.15) is 4.31 Å². The summed E-state index contributed by atoms with van der Waals surface area (Å²) in [7, 11) is -3.55. The van der Waals surface area contributed by atoms with Gasteiger partial charge in [0.1, 0.15) is 11.6 Å². The van der Waals surface area contributed by atoms with E-state index in [0.717, 1.165) is 5.56 Å². The third kappa shape index (κ3) is 4.00. The molecule has 0 aliphatic heterocycles. The Bertz CT molecular complexity index is 1100. The summed E-state index contributed by atoms with van der Waals surface area (Å²) in [4.78, 5) is 7.68. The zero-order chi connectivity index (χ0) is 19.6. The van der Waals surface area contributed by atoms with Crippen molar-refractivity contribution in [2.75, 3.05) is 13.1 Å². The number of nitrogens with zero attached hydrogens (tertiary/aromatic N) is 2. The quantitative estimate of drug-likeness (QED) is 0.648. The van der Waals surface area contributed by atoms with E-state index in [0.29, 0.717) is 35.0 Å². The van der Waals surface area contributed by atoms with Gasteiger partial charge in [-0.25, -0.2) is 13.4 Å². The van der Waals surface area contributed by atoms with Crippen LogP contribution >= 0.6 is 11.6 Å². The molecule has 0 aliphatic carbocycles. The average Bonchev–Trinajstić information content (AvgIpc) is 3.06. The predicted octanol–water partition coefficient (Wildman–Crippen LogP) is 4.04. The molecule has 0 aliphatic rings. The van der Waals surface area contributed by atoms with Crippen molar-refractivity contribution in [2.24, 2.45) is 0 Å². The van der Waals surface area contributed by atoms with Crippen molar-refractivity contribution >= 4 is 43.8 Å². The van der Waals surface area contributed by atoms with E-state index in [1.807, 2.05) is 0 Å². The summed E-state index contributed by atoms with van der Waals surface area (Å²) < 4.78 is 26.8. The molecule has 6 nitrogen and oxygen atoms in total. The Labute approximate surface area is 163 Å². The van der Waals surface area contributed by atoms with Gasteiger partial charge in [-0.05, 0) is 42.0 Å². The number of imidazole rings is 1. The maximum Gasteiger partial charge on any atom is 0.243 e. The number of aromatic hydroxyl groups is 1. The Morgan fingerprint density at radius 2 is 1.96 bits per heavy atom. The van der Waals surface area contributed by atoms with E-state index in [1.54, 1.807) is 62.4 Å². The lowest BCUT2D eigenvalue weighted by atomic mass is 10.2. The van der Waals surface area contributed by atoms with Gasteiger partial charge in [0.15, 0.2) is 0 Å². The van der Waals surface area contributed by atoms with Crippen LogP contribution in [0, 0.1) is 0 Å². The number of rotatable bonds is 6. The number of sulfonamides is 1. The number of fused-ring (bicyclic) bond motifs is 1. The molecule has 0 spiro atoms. The Hall–Kier alpha value is -2.35. The molecule has 2 N–H and O–H groups in total. The Kier molecular flexibility index (Phi) is 5.55. The molecule has 0 saturated carbocycles. The molecular weight excluding hydrogens is 386 g/mol. The first-order chi connectivity index (χ1) is 12.8. The lowest BCUT2D eigenvalue weighted by molar-refractivity contribution is 0.445. The minimum atomic E-state index is -3.55. The molecule has 3 rings (SSSR count). The van der Waals surface area contributed by atoms with E-state index >= 15 is 0 Å². The second kappa shape index (κ2) is 7.72. The first-order valence-electron chi connectivity index (χ1n) is 8.51. The van der Waals surface area contributed by atoms with E-state index in [2.05, 4.69) is 9.97 Å². The third-order valence-electron chi connectivity index (χ3n) is 4.19. The minimum Gasteiger partial charge on any atom is -0.508 e. The number of hydrogen-bond donors (Lipinski definition) is 2. The van der Waals surface area contributed by atoms with Crippen LogP contribution in [0.15, 0.2) is 47.4 Å². The van der Waals surface area contributed by atoms with Crippen LogP contribution in [0.3, 0.4) is 0 Å². The Balaban J connectivity index is 1.99. The molecule has 0 fully saturated rings. The molecule has 27 heavy (non-hydrogen) atoms. The summed E-state index contributed by atoms with van der Waals surface area (Å²) in [6.07, 6.45) is 1.67. The number of benzene rings is 2. The van der Waals surface area contributed by atoms with Crippen LogP contribution in [-0.2, 0) is 10.0 Å². The summed E-state index contributed by atoms with van der Waals surface area (Å²) >= 11 is 6.35. The van der Waals surface area contributed by atoms with Crippen LogP contribution in [0.4, 0.5) is 0 Å². The summed E-state index contributed by atoms with van der Waals surface area (Å²) in [6, 6.07) is 11.5. The number of H-pyrrole nitrogens is 1. The predicted molar refractivity (Wildman–Crippen MR) is 108 cm³/mol. The van der Waals surface area contributed by atoms with E-state index < -0.39 is 10.0 Å². The molecule has 0 atom stereocenters. The van der Waals surface area contributed by atoms with Gasteiger partial charge >= 0.3 is 0 Å². The summed E-state index contributed by atoms with van der Waals surface area (Å²) in [5.41, 5.74) is 1.93. The Morgan fingerprint density at radius 1 is 1.22 bits per heavy atom. The zero-order valence-corrected chi connectivity index (χ0v) is 16.5. The standard InChI is InChI=1S/C19H20ClN3O3S/c1-3-23(4-2)27(25,26)15-8-9-17-18(12-15)22-19(21-17)16(20)11-13-6-5-7-14(24)10-13/h5-12,24H,3-4H2,1-2H3,(H,21,22)/b16-11-. The van der Waals surface area contributed by atoms with E-state index in [4.69, 9.17) is 11.6 Å². The largest absolute Gasteiger partial charge is 0.508 e. The maximum absolute atomic E-state index is 12.7. The highest BCUT2D eigenvalue weighted by Gasteiger charge is 2.22. The monoisotopic (exact) mass is 405 g/mol. The molecule has 142 valence electrons. The van der Waals surface area contributed by atoms with Crippen molar-refractivity contribution in [3.8, 4) is 5.75 Å². The molecule has 1 aromatic heterocycles. The maximum atomic E-state index is 12.7. The highest BCUT2D eigenvalue weighted by atomic mass is 35.5. The van der Waals surface area contributed by atoms with Crippen LogP contribution in [0.1, 0.15) is 25.2 Å². The molecule has 2 aromatic carbocycles. The molecule has 1 heterocycles. The van der Waals surface area contributed by atoms with Crippen LogP contribution in [0.25, 0.3) is 22.1 Å². The number of aromatic nitrogens is 2. The van der Waals surface area contributed by atoms with Gasteiger partial charge in [0.2, 0.25) is 10.0 Å². The summed E-state index contributed by atoms with van der Waals surface area (Å²) in [5, 5.41) is 9.90. The highest BCUT2D eigenvalue weighted by Crippen LogP contribution is 2.26. The Morgan fingerprint density at radius 3 is 2.63 bits per heavy atom. The van der Waals surface area contributed by atoms with Crippen molar-refractivity contribution in [1.29, 1.82) is 0 Å². The molecule has 0 unspecified atom stereocenters. The van der Waals surface area contributed by atoms with Crippen molar-refractivity contribution in [2.45, 2.75) is 18.7 Å². The highest BCUT2D eigenvalue weighted by molar-refractivity contribution is 7.89. The fourth-order valence-corrected chi connectivity index (χ4v) is 4.50.